The van der Waals surface area contributed by atoms with Crippen LogP contribution in [0.25, 0.3) is 0 Å². The van der Waals surface area contributed by atoms with Gasteiger partial charge in [0.15, 0.2) is 16.6 Å². The topological polar surface area (TPSA) is 27.7 Å². The molecule has 7 atom stereocenters. The van der Waals surface area contributed by atoms with Crippen molar-refractivity contribution < 1.29 is 13.3 Å². The molecule has 0 heterocycles. The first-order valence-corrected chi connectivity index (χ1v) is 24.3. The molecule has 0 N–H and O–H groups in total. The minimum Gasteiger partial charge on any atom is -0.547 e. The van der Waals surface area contributed by atoms with E-state index in [1.165, 1.54) is 25.0 Å². The quantitative estimate of drug-likeness (QED) is 0.240. The van der Waals surface area contributed by atoms with Crippen molar-refractivity contribution in [3.8, 4) is 0 Å². The van der Waals surface area contributed by atoms with Gasteiger partial charge in [-0.2, -0.15) is 0 Å². The van der Waals surface area contributed by atoms with E-state index >= 15 is 0 Å². The van der Waals surface area contributed by atoms with E-state index in [-0.39, 0.29) is 28.5 Å². The van der Waals surface area contributed by atoms with Gasteiger partial charge in [0.1, 0.15) is 0 Å². The molecule has 2 bridgehead atoms. The summed E-state index contributed by atoms with van der Waals surface area (Å²) in [4.78, 5) is 0. The van der Waals surface area contributed by atoms with Crippen LogP contribution >= 0.6 is 0 Å². The standard InChI is InChI=1S/C29H56O3Si3/c1-15-27(4)20-24(31-34(9,10)11)28(5)21(2)16-18-29(22(3)26(27)32-35(12,13)14)19-17-23(25(28)29)30-33(6,7)8/h15,21-22,24,26H,1,16-20H2,2-14H3/t21-,22+,24-,26+,27-,28+,29+/m1/s1. The number of allylic oxidation sites excluding steroid dienone is 1. The van der Waals surface area contributed by atoms with Crippen LogP contribution in [0.15, 0.2) is 24.0 Å². The monoisotopic (exact) mass is 536 g/mol. The SMILES string of the molecule is C=C[C@]1(C)C[C@@H](O[Si](C)(C)C)[C@@]2(C)C3=C(O[Si](C)(C)C)CC[C@@]3(CC[C@H]2C)[C@@H](C)[C@@H]1O[Si](C)(C)C. The number of rotatable bonds is 7. The van der Waals surface area contributed by atoms with Crippen LogP contribution < -0.4 is 0 Å². The fourth-order valence-corrected chi connectivity index (χ4v) is 11.0. The van der Waals surface area contributed by atoms with Crippen LogP contribution in [0.2, 0.25) is 58.9 Å². The zero-order valence-electron chi connectivity index (χ0n) is 25.4. The molecule has 3 aliphatic rings. The molecule has 0 radical (unpaired) electrons. The largest absolute Gasteiger partial charge is 0.547 e. The normalized spacial score (nSPS) is 40.7. The van der Waals surface area contributed by atoms with Gasteiger partial charge in [0, 0.05) is 22.7 Å². The maximum absolute atomic E-state index is 7.24. The highest BCUT2D eigenvalue weighted by Gasteiger charge is 2.65. The van der Waals surface area contributed by atoms with Crippen LogP contribution in [0.1, 0.15) is 59.8 Å². The smallest absolute Gasteiger partial charge is 0.241 e. The molecule has 0 saturated heterocycles. The van der Waals surface area contributed by atoms with Crippen molar-refractivity contribution in [2.24, 2.45) is 28.1 Å². The molecule has 35 heavy (non-hydrogen) atoms. The number of hydrogen-bond acceptors (Lipinski definition) is 3. The third-order valence-corrected chi connectivity index (χ3v) is 12.1. The van der Waals surface area contributed by atoms with Crippen molar-refractivity contribution in [2.45, 2.75) is 131 Å². The van der Waals surface area contributed by atoms with Crippen molar-refractivity contribution >= 4 is 25.0 Å². The molecule has 0 amide bonds. The number of hydrogen-bond donors (Lipinski definition) is 0. The Morgan fingerprint density at radius 3 is 1.91 bits per heavy atom. The van der Waals surface area contributed by atoms with Crippen molar-refractivity contribution in [2.75, 3.05) is 0 Å². The summed E-state index contributed by atoms with van der Waals surface area (Å²) in [6.45, 7) is 35.4. The van der Waals surface area contributed by atoms with Gasteiger partial charge in [0.05, 0.1) is 18.0 Å². The van der Waals surface area contributed by atoms with Crippen molar-refractivity contribution in [3.63, 3.8) is 0 Å². The highest BCUT2D eigenvalue weighted by molar-refractivity contribution is 6.70. The predicted octanol–water partition coefficient (Wildman–Crippen LogP) is 8.98. The summed E-state index contributed by atoms with van der Waals surface area (Å²) in [7, 11) is -5.35. The van der Waals surface area contributed by atoms with E-state index in [9.17, 15) is 0 Å². The summed E-state index contributed by atoms with van der Waals surface area (Å²) in [5, 5.41) is 0. The minimum atomic E-state index is -1.81. The van der Waals surface area contributed by atoms with Gasteiger partial charge in [0.25, 0.3) is 0 Å². The second kappa shape index (κ2) is 9.25. The highest BCUT2D eigenvalue weighted by Crippen LogP contribution is 2.69. The van der Waals surface area contributed by atoms with Crippen LogP contribution in [0.5, 0.6) is 0 Å². The molecule has 0 aromatic rings. The lowest BCUT2D eigenvalue weighted by atomic mass is 9.46. The fraction of sp³-hybridized carbons (Fsp3) is 0.862. The summed E-state index contributed by atoms with van der Waals surface area (Å²) in [6.07, 6.45) is 8.19. The summed E-state index contributed by atoms with van der Waals surface area (Å²) in [5.74, 6) is 2.29. The van der Waals surface area contributed by atoms with Crippen LogP contribution in [-0.4, -0.2) is 37.2 Å². The lowest BCUT2D eigenvalue weighted by Crippen LogP contribution is -2.61. The zero-order valence-corrected chi connectivity index (χ0v) is 28.4. The van der Waals surface area contributed by atoms with Gasteiger partial charge < -0.3 is 13.3 Å². The maximum atomic E-state index is 7.24. The van der Waals surface area contributed by atoms with Crippen molar-refractivity contribution in [1.29, 1.82) is 0 Å². The molecule has 0 aliphatic heterocycles. The average molecular weight is 537 g/mol. The first-order chi connectivity index (χ1) is 15.7. The third kappa shape index (κ3) is 5.52. The van der Waals surface area contributed by atoms with Crippen molar-refractivity contribution in [3.05, 3.63) is 24.0 Å². The Bertz CT molecular complexity index is 849. The van der Waals surface area contributed by atoms with E-state index in [4.69, 9.17) is 13.3 Å². The second-order valence-electron chi connectivity index (χ2n) is 15.5. The Balaban J connectivity index is 2.35. The molecule has 3 rings (SSSR count). The van der Waals surface area contributed by atoms with Gasteiger partial charge >= 0.3 is 0 Å². The van der Waals surface area contributed by atoms with E-state index in [0.717, 1.165) is 12.8 Å². The Hall–Kier alpha value is -0.149. The summed E-state index contributed by atoms with van der Waals surface area (Å²) >= 11 is 0. The Morgan fingerprint density at radius 2 is 1.43 bits per heavy atom. The summed E-state index contributed by atoms with van der Waals surface area (Å²) in [6, 6.07) is 0. The molecular weight excluding hydrogens is 481 g/mol. The second-order valence-corrected chi connectivity index (χ2v) is 28.8. The molecule has 3 nitrogen and oxygen atoms in total. The fourth-order valence-electron chi connectivity index (χ4n) is 7.60. The molecule has 2 saturated carbocycles. The van der Waals surface area contributed by atoms with Gasteiger partial charge in [-0.05, 0) is 102 Å². The molecular formula is C29H56O3Si3. The highest BCUT2D eigenvalue weighted by atomic mass is 28.4. The lowest BCUT2D eigenvalue weighted by molar-refractivity contribution is -0.108. The van der Waals surface area contributed by atoms with Gasteiger partial charge in [-0.25, -0.2) is 0 Å². The van der Waals surface area contributed by atoms with Crippen LogP contribution in [0.4, 0.5) is 0 Å². The summed E-state index contributed by atoms with van der Waals surface area (Å²) < 4.78 is 21.4. The van der Waals surface area contributed by atoms with Gasteiger partial charge in [0.2, 0.25) is 8.32 Å². The molecule has 0 aromatic heterocycles. The van der Waals surface area contributed by atoms with Gasteiger partial charge in [-0.1, -0.05) is 33.8 Å². The lowest BCUT2D eigenvalue weighted by Gasteiger charge is -2.62. The molecule has 3 aliphatic carbocycles. The van der Waals surface area contributed by atoms with E-state index < -0.39 is 25.0 Å². The van der Waals surface area contributed by atoms with E-state index in [0.29, 0.717) is 11.8 Å². The molecule has 0 aromatic carbocycles. The Morgan fingerprint density at radius 1 is 0.857 bits per heavy atom. The van der Waals surface area contributed by atoms with Crippen LogP contribution in [0, 0.1) is 28.1 Å². The van der Waals surface area contributed by atoms with E-state index in [1.54, 1.807) is 5.57 Å². The minimum absolute atomic E-state index is 0.0350. The van der Waals surface area contributed by atoms with Crippen LogP contribution in [-0.2, 0) is 13.3 Å². The van der Waals surface area contributed by atoms with Gasteiger partial charge in [-0.15, -0.1) is 6.58 Å². The molecule has 202 valence electrons. The molecule has 2 fully saturated rings. The summed E-state index contributed by atoms with van der Waals surface area (Å²) in [5.41, 5.74) is 1.57. The Kier molecular flexibility index (Phi) is 7.77. The maximum Gasteiger partial charge on any atom is 0.241 e. The van der Waals surface area contributed by atoms with Crippen molar-refractivity contribution in [1.82, 2.24) is 0 Å². The molecule has 0 spiro atoms. The first-order valence-electron chi connectivity index (χ1n) is 14.1. The van der Waals surface area contributed by atoms with E-state index in [1.807, 2.05) is 0 Å². The predicted molar refractivity (Wildman–Crippen MR) is 158 cm³/mol. The molecule has 0 unspecified atom stereocenters. The zero-order chi connectivity index (χ0) is 26.8. The van der Waals surface area contributed by atoms with Gasteiger partial charge in [-0.3, -0.25) is 0 Å². The van der Waals surface area contributed by atoms with Crippen LogP contribution in [0.3, 0.4) is 0 Å². The average Bonchev–Trinajstić information content (AvgIpc) is 3.04. The Labute approximate surface area is 220 Å². The molecule has 6 heteroatoms. The first kappa shape index (κ1) is 29.4. The third-order valence-electron chi connectivity index (χ3n) is 9.30. The van der Waals surface area contributed by atoms with E-state index in [2.05, 4.69) is 99.3 Å².